The van der Waals surface area contributed by atoms with Gasteiger partial charge in [0.2, 0.25) is 0 Å². The molecule has 2 rings (SSSR count). The van der Waals surface area contributed by atoms with Crippen LogP contribution in [-0.4, -0.2) is 25.2 Å². The molecule has 100 valence electrons. The van der Waals surface area contributed by atoms with Gasteiger partial charge >= 0.3 is 0 Å². The first-order valence-electron chi connectivity index (χ1n) is 6.27. The molecule has 4 nitrogen and oxygen atoms in total. The van der Waals surface area contributed by atoms with E-state index in [4.69, 9.17) is 10.00 Å². The largest absolute Gasteiger partial charge is 0.376 e. The number of thiophene rings is 1. The summed E-state index contributed by atoms with van der Waals surface area (Å²) in [5, 5.41) is 11.8. The number of ether oxygens (including phenoxy) is 1. The zero-order valence-corrected chi connectivity index (χ0v) is 11.6. The maximum atomic E-state index is 11.9. The van der Waals surface area contributed by atoms with Crippen molar-refractivity contribution in [3.63, 3.8) is 0 Å². The van der Waals surface area contributed by atoms with E-state index in [0.29, 0.717) is 6.54 Å². The third kappa shape index (κ3) is 3.91. The summed E-state index contributed by atoms with van der Waals surface area (Å²) >= 11 is 1.56. The number of carbonyl (C=O) groups is 1. The van der Waals surface area contributed by atoms with Crippen LogP contribution in [0.2, 0.25) is 0 Å². The predicted octanol–water partition coefficient (Wildman–Crippen LogP) is 2.26. The number of nitrogens with one attached hydrogen (secondary N) is 1. The summed E-state index contributed by atoms with van der Waals surface area (Å²) in [5.41, 5.74) is 0.139. The van der Waals surface area contributed by atoms with Crippen molar-refractivity contribution < 1.29 is 9.53 Å². The molecular weight excluding hydrogens is 260 g/mol. The molecule has 2 heterocycles. The summed E-state index contributed by atoms with van der Waals surface area (Å²) in [4.78, 5) is 14.0. The van der Waals surface area contributed by atoms with Gasteiger partial charge in [-0.25, -0.2) is 0 Å². The smallest absolute Gasteiger partial charge is 0.262 e. The number of aryl methyl sites for hydroxylation is 1. The van der Waals surface area contributed by atoms with Crippen LogP contribution in [0.25, 0.3) is 6.08 Å². The zero-order valence-electron chi connectivity index (χ0n) is 10.8. The molecule has 1 aliphatic heterocycles. The van der Waals surface area contributed by atoms with E-state index in [-0.39, 0.29) is 17.6 Å². The Labute approximate surface area is 116 Å². The molecule has 1 N–H and O–H groups in total. The van der Waals surface area contributed by atoms with Gasteiger partial charge in [-0.3, -0.25) is 4.79 Å². The lowest BCUT2D eigenvalue weighted by atomic mass is 10.2. The van der Waals surface area contributed by atoms with Crippen molar-refractivity contribution in [3.05, 3.63) is 27.5 Å². The predicted molar refractivity (Wildman–Crippen MR) is 74.6 cm³/mol. The molecule has 0 radical (unpaired) electrons. The summed E-state index contributed by atoms with van der Waals surface area (Å²) < 4.78 is 5.42. The fourth-order valence-corrected chi connectivity index (χ4v) is 2.75. The number of carbonyl (C=O) groups excluding carboxylic acids is 1. The molecule has 19 heavy (non-hydrogen) atoms. The second-order valence-corrected chi connectivity index (χ2v) is 5.78. The standard InChI is InChI=1S/C14H16N2O2S/c1-10-4-5-13(19-10)7-11(8-15)14(17)16-9-12-3-2-6-18-12/h4-5,7,12H,2-3,6,9H2,1H3,(H,16,17). The van der Waals surface area contributed by atoms with E-state index in [2.05, 4.69) is 5.32 Å². The highest BCUT2D eigenvalue weighted by Gasteiger charge is 2.17. The first-order chi connectivity index (χ1) is 9.19. The highest BCUT2D eigenvalue weighted by molar-refractivity contribution is 7.12. The third-order valence-electron chi connectivity index (χ3n) is 2.93. The minimum absolute atomic E-state index is 0.0906. The van der Waals surface area contributed by atoms with Crippen molar-refractivity contribution >= 4 is 23.3 Å². The summed E-state index contributed by atoms with van der Waals surface area (Å²) in [6.45, 7) is 3.23. The molecular formula is C14H16N2O2S. The molecule has 1 amide bonds. The highest BCUT2D eigenvalue weighted by Crippen LogP contribution is 2.18. The number of hydrogen-bond acceptors (Lipinski definition) is 4. The van der Waals surface area contributed by atoms with Crippen LogP contribution in [0.5, 0.6) is 0 Å². The summed E-state index contributed by atoms with van der Waals surface area (Å²) in [5.74, 6) is -0.330. The van der Waals surface area contributed by atoms with Crippen molar-refractivity contribution in [1.82, 2.24) is 5.32 Å². The Morgan fingerprint density at radius 2 is 2.53 bits per heavy atom. The van der Waals surface area contributed by atoms with E-state index < -0.39 is 0 Å². The van der Waals surface area contributed by atoms with Gasteiger partial charge < -0.3 is 10.1 Å². The van der Waals surface area contributed by atoms with Crippen LogP contribution in [0.4, 0.5) is 0 Å². The van der Waals surface area contributed by atoms with Crippen LogP contribution >= 0.6 is 11.3 Å². The van der Waals surface area contributed by atoms with Gasteiger partial charge in [-0.1, -0.05) is 0 Å². The van der Waals surface area contributed by atoms with Gasteiger partial charge in [0.15, 0.2) is 0 Å². The van der Waals surface area contributed by atoms with Crippen molar-refractivity contribution in [2.75, 3.05) is 13.2 Å². The molecule has 0 saturated carbocycles. The number of nitriles is 1. The maximum absolute atomic E-state index is 11.9. The van der Waals surface area contributed by atoms with Gasteiger partial charge in [0.1, 0.15) is 11.6 Å². The molecule has 1 fully saturated rings. The van der Waals surface area contributed by atoms with Crippen molar-refractivity contribution in [2.45, 2.75) is 25.9 Å². The Balaban J connectivity index is 1.95. The fourth-order valence-electron chi connectivity index (χ4n) is 1.93. The molecule has 1 aliphatic rings. The van der Waals surface area contributed by atoms with Crippen LogP contribution in [0.1, 0.15) is 22.6 Å². The molecule has 0 spiro atoms. The molecule has 0 aromatic carbocycles. The Kier molecular flexibility index (Phi) is 4.72. The zero-order chi connectivity index (χ0) is 13.7. The first-order valence-corrected chi connectivity index (χ1v) is 7.08. The van der Waals surface area contributed by atoms with E-state index in [0.717, 1.165) is 29.2 Å². The van der Waals surface area contributed by atoms with Gasteiger partial charge in [0.25, 0.3) is 5.91 Å². The van der Waals surface area contributed by atoms with Crippen molar-refractivity contribution in [1.29, 1.82) is 5.26 Å². The number of nitrogens with zero attached hydrogens (tertiary/aromatic N) is 1. The monoisotopic (exact) mass is 276 g/mol. The van der Waals surface area contributed by atoms with Gasteiger partial charge in [0.05, 0.1) is 6.10 Å². The maximum Gasteiger partial charge on any atom is 0.262 e. The Bertz CT molecular complexity index is 522. The molecule has 1 atom stereocenters. The van der Waals surface area contributed by atoms with E-state index in [1.807, 2.05) is 25.1 Å². The molecule has 5 heteroatoms. The second kappa shape index (κ2) is 6.50. The van der Waals surface area contributed by atoms with Crippen molar-refractivity contribution in [3.8, 4) is 6.07 Å². The van der Waals surface area contributed by atoms with Gasteiger partial charge in [-0.05, 0) is 38.0 Å². The minimum Gasteiger partial charge on any atom is -0.376 e. The van der Waals surface area contributed by atoms with Crippen molar-refractivity contribution in [2.24, 2.45) is 0 Å². The van der Waals surface area contributed by atoms with Crippen LogP contribution in [0.15, 0.2) is 17.7 Å². The van der Waals surface area contributed by atoms with Crippen LogP contribution in [0.3, 0.4) is 0 Å². The Morgan fingerprint density at radius 3 is 3.11 bits per heavy atom. The molecule has 1 aromatic heterocycles. The minimum atomic E-state index is -0.330. The van der Waals surface area contributed by atoms with E-state index in [1.54, 1.807) is 17.4 Å². The summed E-state index contributed by atoms with van der Waals surface area (Å²) in [7, 11) is 0. The average Bonchev–Trinajstić information content (AvgIpc) is 3.04. The molecule has 0 bridgehead atoms. The fraction of sp³-hybridized carbons (Fsp3) is 0.429. The lowest BCUT2D eigenvalue weighted by Crippen LogP contribution is -2.32. The summed E-state index contributed by atoms with van der Waals surface area (Å²) in [6, 6.07) is 5.83. The first kappa shape index (κ1) is 13.8. The molecule has 1 unspecified atom stereocenters. The number of rotatable bonds is 4. The molecule has 0 aliphatic carbocycles. The second-order valence-electron chi connectivity index (χ2n) is 4.46. The van der Waals surface area contributed by atoms with Crippen LogP contribution in [-0.2, 0) is 9.53 Å². The van der Waals surface area contributed by atoms with E-state index in [9.17, 15) is 4.79 Å². The summed E-state index contributed by atoms with van der Waals surface area (Å²) in [6.07, 6.45) is 3.72. The van der Waals surface area contributed by atoms with Gasteiger partial charge in [-0.2, -0.15) is 5.26 Å². The number of amides is 1. The quantitative estimate of drug-likeness (QED) is 0.677. The SMILES string of the molecule is Cc1ccc(C=C(C#N)C(=O)NCC2CCCO2)s1. The Morgan fingerprint density at radius 1 is 1.68 bits per heavy atom. The van der Waals surface area contributed by atoms with Crippen LogP contribution in [0, 0.1) is 18.3 Å². The third-order valence-corrected chi connectivity index (χ3v) is 3.87. The van der Waals surface area contributed by atoms with Gasteiger partial charge in [0, 0.05) is 22.9 Å². The topological polar surface area (TPSA) is 62.1 Å². The van der Waals surface area contributed by atoms with E-state index >= 15 is 0 Å². The van der Waals surface area contributed by atoms with Gasteiger partial charge in [-0.15, -0.1) is 11.3 Å². The van der Waals surface area contributed by atoms with E-state index in [1.165, 1.54) is 0 Å². The average molecular weight is 276 g/mol. The molecule has 1 saturated heterocycles. The lowest BCUT2D eigenvalue weighted by Gasteiger charge is -2.09. The lowest BCUT2D eigenvalue weighted by molar-refractivity contribution is -0.117. The Hall–Kier alpha value is -1.64. The molecule has 1 aromatic rings. The normalized spacial score (nSPS) is 19.2. The number of hydrogen-bond donors (Lipinski definition) is 1. The van der Waals surface area contributed by atoms with Crippen LogP contribution < -0.4 is 5.32 Å². The highest BCUT2D eigenvalue weighted by atomic mass is 32.1.